The SMILES string of the molecule is CCOC(=O)NC(CNC(=O)c1cc(C(C)C)[nH]n1)CC(C)C. The minimum Gasteiger partial charge on any atom is -0.450 e. The van der Waals surface area contributed by atoms with Crippen LogP contribution in [0.25, 0.3) is 0 Å². The Morgan fingerprint density at radius 3 is 2.52 bits per heavy atom. The van der Waals surface area contributed by atoms with Crippen LogP contribution in [0.2, 0.25) is 0 Å². The van der Waals surface area contributed by atoms with Gasteiger partial charge in [-0.1, -0.05) is 27.7 Å². The van der Waals surface area contributed by atoms with E-state index < -0.39 is 6.09 Å². The molecule has 1 aromatic heterocycles. The third-order valence-electron chi connectivity index (χ3n) is 3.31. The van der Waals surface area contributed by atoms with Gasteiger partial charge in [0.05, 0.1) is 6.61 Å². The van der Waals surface area contributed by atoms with E-state index in [1.54, 1.807) is 13.0 Å². The third-order valence-corrected chi connectivity index (χ3v) is 3.31. The summed E-state index contributed by atoms with van der Waals surface area (Å²) in [6, 6.07) is 1.57. The average Bonchev–Trinajstić information content (AvgIpc) is 2.94. The molecule has 1 aromatic rings. The fourth-order valence-corrected chi connectivity index (χ4v) is 2.16. The molecule has 0 spiro atoms. The number of H-pyrrole nitrogens is 1. The van der Waals surface area contributed by atoms with E-state index in [0.717, 1.165) is 12.1 Å². The summed E-state index contributed by atoms with van der Waals surface area (Å²) >= 11 is 0. The van der Waals surface area contributed by atoms with Crippen molar-refractivity contribution in [1.29, 1.82) is 0 Å². The Morgan fingerprint density at radius 1 is 1.30 bits per heavy atom. The van der Waals surface area contributed by atoms with Crippen molar-refractivity contribution in [3.8, 4) is 0 Å². The van der Waals surface area contributed by atoms with Gasteiger partial charge in [0, 0.05) is 18.3 Å². The Hall–Kier alpha value is -2.05. The van der Waals surface area contributed by atoms with E-state index in [2.05, 4.69) is 34.7 Å². The second kappa shape index (κ2) is 9.17. The number of carbonyl (C=O) groups is 2. The fourth-order valence-electron chi connectivity index (χ4n) is 2.16. The Balaban J connectivity index is 2.57. The maximum atomic E-state index is 12.1. The van der Waals surface area contributed by atoms with E-state index in [-0.39, 0.29) is 17.9 Å². The molecule has 2 amide bonds. The van der Waals surface area contributed by atoms with E-state index in [1.807, 2.05) is 13.8 Å². The number of nitrogens with one attached hydrogen (secondary N) is 3. The second-order valence-corrected chi connectivity index (χ2v) is 6.26. The molecule has 130 valence electrons. The third kappa shape index (κ3) is 6.71. The molecular weight excluding hydrogens is 296 g/mol. The number of alkyl carbamates (subject to hydrolysis) is 1. The molecule has 3 N–H and O–H groups in total. The zero-order valence-electron chi connectivity index (χ0n) is 14.6. The van der Waals surface area contributed by atoms with Crippen molar-refractivity contribution >= 4 is 12.0 Å². The first-order valence-electron chi connectivity index (χ1n) is 8.10. The number of ether oxygens (including phenoxy) is 1. The molecule has 0 aliphatic rings. The van der Waals surface area contributed by atoms with Crippen LogP contribution in [-0.2, 0) is 4.74 Å². The van der Waals surface area contributed by atoms with Crippen LogP contribution in [0.1, 0.15) is 63.1 Å². The lowest BCUT2D eigenvalue weighted by molar-refractivity contribution is 0.0939. The number of rotatable bonds is 8. The molecule has 0 saturated heterocycles. The maximum absolute atomic E-state index is 12.1. The average molecular weight is 324 g/mol. The quantitative estimate of drug-likeness (QED) is 0.684. The number of nitrogens with zero attached hydrogens (tertiary/aromatic N) is 1. The van der Waals surface area contributed by atoms with E-state index in [0.29, 0.717) is 24.8 Å². The van der Waals surface area contributed by atoms with Gasteiger partial charge >= 0.3 is 6.09 Å². The molecule has 1 heterocycles. The van der Waals surface area contributed by atoms with Crippen LogP contribution in [0.4, 0.5) is 4.79 Å². The van der Waals surface area contributed by atoms with E-state index >= 15 is 0 Å². The van der Waals surface area contributed by atoms with Gasteiger partial charge in [-0.05, 0) is 31.2 Å². The molecule has 0 aromatic carbocycles. The largest absolute Gasteiger partial charge is 0.450 e. The Kier molecular flexibility index (Phi) is 7.57. The Bertz CT molecular complexity index is 511. The van der Waals surface area contributed by atoms with Gasteiger partial charge in [0.15, 0.2) is 0 Å². The van der Waals surface area contributed by atoms with Crippen LogP contribution in [0.15, 0.2) is 6.07 Å². The predicted molar refractivity (Wildman–Crippen MR) is 88.4 cm³/mol. The van der Waals surface area contributed by atoms with Crippen LogP contribution in [0.3, 0.4) is 0 Å². The molecule has 7 nitrogen and oxygen atoms in total. The minimum atomic E-state index is -0.464. The number of hydrogen-bond donors (Lipinski definition) is 3. The van der Waals surface area contributed by atoms with Crippen LogP contribution in [0.5, 0.6) is 0 Å². The van der Waals surface area contributed by atoms with Crippen LogP contribution < -0.4 is 10.6 Å². The predicted octanol–water partition coefficient (Wildman–Crippen LogP) is 2.42. The molecular formula is C16H28N4O3. The van der Waals surface area contributed by atoms with Gasteiger partial charge in [-0.2, -0.15) is 5.10 Å². The number of aromatic amines is 1. The lowest BCUT2D eigenvalue weighted by atomic mass is 10.0. The molecule has 1 rings (SSSR count). The lowest BCUT2D eigenvalue weighted by Gasteiger charge is -2.20. The first kappa shape index (κ1) is 19.0. The molecule has 0 fully saturated rings. The standard InChI is InChI=1S/C16H28N4O3/c1-6-23-16(22)18-12(7-10(2)3)9-17-15(21)14-8-13(11(4)5)19-20-14/h8,10-12H,6-7,9H2,1-5H3,(H,17,21)(H,18,22)(H,19,20). The molecule has 1 atom stereocenters. The summed E-state index contributed by atoms with van der Waals surface area (Å²) in [5, 5.41) is 12.5. The van der Waals surface area contributed by atoms with Gasteiger partial charge in [0.25, 0.3) is 5.91 Å². The number of carbonyl (C=O) groups excluding carboxylic acids is 2. The van der Waals surface area contributed by atoms with Gasteiger partial charge in [0.2, 0.25) is 0 Å². The van der Waals surface area contributed by atoms with Crippen molar-refractivity contribution in [1.82, 2.24) is 20.8 Å². The van der Waals surface area contributed by atoms with E-state index in [4.69, 9.17) is 4.74 Å². The summed E-state index contributed by atoms with van der Waals surface area (Å²) in [4.78, 5) is 23.7. The van der Waals surface area contributed by atoms with Gasteiger partial charge < -0.3 is 15.4 Å². The Labute approximate surface area is 137 Å². The molecule has 0 saturated carbocycles. The van der Waals surface area contributed by atoms with Crippen LogP contribution in [-0.4, -0.2) is 41.4 Å². The fraction of sp³-hybridized carbons (Fsp3) is 0.688. The van der Waals surface area contributed by atoms with Crippen molar-refractivity contribution in [3.63, 3.8) is 0 Å². The zero-order valence-corrected chi connectivity index (χ0v) is 14.6. The normalized spacial score (nSPS) is 12.3. The summed E-state index contributed by atoms with van der Waals surface area (Å²) in [7, 11) is 0. The summed E-state index contributed by atoms with van der Waals surface area (Å²) in [5.41, 5.74) is 1.27. The molecule has 1 unspecified atom stereocenters. The Morgan fingerprint density at radius 2 is 2.00 bits per heavy atom. The molecule has 0 bridgehead atoms. The topological polar surface area (TPSA) is 96.1 Å². The first-order valence-corrected chi connectivity index (χ1v) is 8.10. The minimum absolute atomic E-state index is 0.179. The highest BCUT2D eigenvalue weighted by Gasteiger charge is 2.17. The summed E-state index contributed by atoms with van der Waals surface area (Å²) in [6.07, 6.45) is 0.283. The molecule has 0 aliphatic heterocycles. The van der Waals surface area contributed by atoms with Gasteiger partial charge in [-0.3, -0.25) is 9.89 Å². The number of hydrogen-bond acceptors (Lipinski definition) is 4. The monoisotopic (exact) mass is 324 g/mol. The van der Waals surface area contributed by atoms with Gasteiger partial charge in [-0.25, -0.2) is 4.79 Å². The molecule has 23 heavy (non-hydrogen) atoms. The van der Waals surface area contributed by atoms with Crippen molar-refractivity contribution in [2.75, 3.05) is 13.2 Å². The van der Waals surface area contributed by atoms with Crippen LogP contribution >= 0.6 is 0 Å². The van der Waals surface area contributed by atoms with E-state index in [1.165, 1.54) is 0 Å². The highest BCUT2D eigenvalue weighted by atomic mass is 16.5. The molecule has 7 heteroatoms. The number of aromatic nitrogens is 2. The van der Waals surface area contributed by atoms with Crippen molar-refractivity contribution < 1.29 is 14.3 Å². The highest BCUT2D eigenvalue weighted by Crippen LogP contribution is 2.12. The van der Waals surface area contributed by atoms with Gasteiger partial charge in [0.1, 0.15) is 5.69 Å². The highest BCUT2D eigenvalue weighted by molar-refractivity contribution is 5.92. The number of amides is 2. The summed E-state index contributed by atoms with van der Waals surface area (Å²) in [5.74, 6) is 0.410. The van der Waals surface area contributed by atoms with Crippen LogP contribution in [0, 0.1) is 5.92 Å². The van der Waals surface area contributed by atoms with Crippen molar-refractivity contribution in [2.24, 2.45) is 5.92 Å². The molecule has 0 radical (unpaired) electrons. The van der Waals surface area contributed by atoms with E-state index in [9.17, 15) is 9.59 Å². The van der Waals surface area contributed by atoms with Crippen molar-refractivity contribution in [2.45, 2.75) is 53.0 Å². The van der Waals surface area contributed by atoms with Crippen molar-refractivity contribution in [3.05, 3.63) is 17.5 Å². The lowest BCUT2D eigenvalue weighted by Crippen LogP contribution is -2.44. The maximum Gasteiger partial charge on any atom is 0.407 e. The zero-order chi connectivity index (χ0) is 17.4. The summed E-state index contributed by atoms with van der Waals surface area (Å²) in [6.45, 7) is 10.6. The summed E-state index contributed by atoms with van der Waals surface area (Å²) < 4.78 is 4.89. The first-order chi connectivity index (χ1) is 10.8. The second-order valence-electron chi connectivity index (χ2n) is 6.26. The van der Waals surface area contributed by atoms with Gasteiger partial charge in [-0.15, -0.1) is 0 Å². The molecule has 0 aliphatic carbocycles. The smallest absolute Gasteiger partial charge is 0.407 e.